The number of nitrogens with zero attached hydrogens (tertiary/aromatic N) is 3. The zero-order chi connectivity index (χ0) is 13.1. The summed E-state index contributed by atoms with van der Waals surface area (Å²) in [5.41, 5.74) is 3.35. The van der Waals surface area contributed by atoms with Crippen molar-refractivity contribution in [2.24, 2.45) is 0 Å². The largest absolute Gasteiger partial charge is 0.333 e. The van der Waals surface area contributed by atoms with Gasteiger partial charge in [0.1, 0.15) is 0 Å². The van der Waals surface area contributed by atoms with E-state index in [1.54, 1.807) is 0 Å². The van der Waals surface area contributed by atoms with Crippen molar-refractivity contribution in [2.75, 3.05) is 7.05 Å². The quantitative estimate of drug-likeness (QED) is 0.774. The summed E-state index contributed by atoms with van der Waals surface area (Å²) in [7, 11) is 1.93. The van der Waals surface area contributed by atoms with Crippen LogP contribution in [0, 0.1) is 0 Å². The summed E-state index contributed by atoms with van der Waals surface area (Å²) in [6.07, 6.45) is 5.77. The van der Waals surface area contributed by atoms with Gasteiger partial charge in [0.2, 0.25) is 0 Å². The molecule has 4 nitrogen and oxygen atoms in total. The summed E-state index contributed by atoms with van der Waals surface area (Å²) in [6.45, 7) is 1.64. The van der Waals surface area contributed by atoms with Gasteiger partial charge < -0.3 is 9.88 Å². The molecule has 1 N–H and O–H groups in total. The van der Waals surface area contributed by atoms with Crippen LogP contribution in [0.3, 0.4) is 0 Å². The van der Waals surface area contributed by atoms with Crippen molar-refractivity contribution in [1.82, 2.24) is 19.9 Å². The molecule has 3 rings (SSSR count). The maximum Gasteiger partial charge on any atom is 0.0953 e. The van der Waals surface area contributed by atoms with E-state index < -0.39 is 0 Å². The van der Waals surface area contributed by atoms with Crippen LogP contribution in [0.15, 0.2) is 49.1 Å². The molecule has 0 bridgehead atoms. The Morgan fingerprint density at radius 1 is 1.21 bits per heavy atom. The first-order valence-corrected chi connectivity index (χ1v) is 6.34. The van der Waals surface area contributed by atoms with Crippen LogP contribution in [-0.4, -0.2) is 21.6 Å². The summed E-state index contributed by atoms with van der Waals surface area (Å²) in [5, 5.41) is 4.28. The number of nitrogens with one attached hydrogen (secondary N) is 1. The third kappa shape index (κ3) is 2.63. The van der Waals surface area contributed by atoms with Crippen molar-refractivity contribution in [3.8, 4) is 0 Å². The molecule has 2 heterocycles. The maximum absolute atomic E-state index is 4.35. The number of hydrogen-bond acceptors (Lipinski definition) is 3. The molecule has 0 radical (unpaired) electrons. The van der Waals surface area contributed by atoms with Crippen LogP contribution < -0.4 is 5.32 Å². The Morgan fingerprint density at radius 2 is 2.16 bits per heavy atom. The lowest BCUT2D eigenvalue weighted by molar-refractivity contribution is 0.782. The fraction of sp³-hybridized carbons (Fsp3) is 0.200. The lowest BCUT2D eigenvalue weighted by Gasteiger charge is -2.04. The van der Waals surface area contributed by atoms with Crippen molar-refractivity contribution in [3.63, 3.8) is 0 Å². The van der Waals surface area contributed by atoms with Crippen LogP contribution in [0.2, 0.25) is 0 Å². The van der Waals surface area contributed by atoms with E-state index in [1.165, 1.54) is 10.9 Å². The second-order valence-electron chi connectivity index (χ2n) is 4.60. The highest BCUT2D eigenvalue weighted by Crippen LogP contribution is 2.14. The third-order valence-electron chi connectivity index (χ3n) is 3.08. The first-order chi connectivity index (χ1) is 9.35. The standard InChI is InChI=1S/C15H16N4/c1-16-8-14-10-19(11-18-14)9-12-4-5-15-13(7-12)3-2-6-17-15/h2-7,10-11,16H,8-9H2,1H3. The Morgan fingerprint density at radius 3 is 3.05 bits per heavy atom. The molecule has 0 spiro atoms. The van der Waals surface area contributed by atoms with E-state index in [0.29, 0.717) is 0 Å². The molecule has 3 aromatic rings. The van der Waals surface area contributed by atoms with Crippen molar-refractivity contribution >= 4 is 10.9 Å². The summed E-state index contributed by atoms with van der Waals surface area (Å²) in [5.74, 6) is 0. The summed E-state index contributed by atoms with van der Waals surface area (Å²) in [6, 6.07) is 10.4. The Hall–Kier alpha value is -2.20. The second kappa shape index (κ2) is 5.20. The molecule has 2 aromatic heterocycles. The summed E-state index contributed by atoms with van der Waals surface area (Å²) >= 11 is 0. The van der Waals surface area contributed by atoms with Gasteiger partial charge in [-0.05, 0) is 30.8 Å². The molecule has 0 unspecified atom stereocenters. The first kappa shape index (κ1) is 11.9. The number of fused-ring (bicyclic) bond motifs is 1. The molecule has 0 fully saturated rings. The SMILES string of the molecule is CNCc1cn(Cc2ccc3ncccc3c2)cn1. The van der Waals surface area contributed by atoms with Gasteiger partial charge in [-0.3, -0.25) is 4.98 Å². The van der Waals surface area contributed by atoms with E-state index in [-0.39, 0.29) is 0 Å². The Balaban J connectivity index is 1.83. The van der Waals surface area contributed by atoms with Gasteiger partial charge in [0, 0.05) is 30.9 Å². The van der Waals surface area contributed by atoms with Gasteiger partial charge in [-0.2, -0.15) is 0 Å². The Bertz CT molecular complexity index is 687. The summed E-state index contributed by atoms with van der Waals surface area (Å²) < 4.78 is 2.10. The lowest BCUT2D eigenvalue weighted by Crippen LogP contribution is -2.05. The summed E-state index contributed by atoms with van der Waals surface area (Å²) in [4.78, 5) is 8.68. The van der Waals surface area contributed by atoms with Gasteiger partial charge in [-0.15, -0.1) is 0 Å². The van der Waals surface area contributed by atoms with Gasteiger partial charge in [0.15, 0.2) is 0 Å². The van der Waals surface area contributed by atoms with E-state index in [1.807, 2.05) is 25.6 Å². The average Bonchev–Trinajstić information content (AvgIpc) is 2.86. The van der Waals surface area contributed by atoms with Crippen molar-refractivity contribution in [3.05, 3.63) is 60.3 Å². The number of benzene rings is 1. The minimum Gasteiger partial charge on any atom is -0.333 e. The van der Waals surface area contributed by atoms with Crippen molar-refractivity contribution < 1.29 is 0 Å². The van der Waals surface area contributed by atoms with Crippen LogP contribution in [-0.2, 0) is 13.1 Å². The zero-order valence-corrected chi connectivity index (χ0v) is 10.9. The van der Waals surface area contributed by atoms with Gasteiger partial charge in [0.25, 0.3) is 0 Å². The average molecular weight is 252 g/mol. The monoisotopic (exact) mass is 252 g/mol. The van der Waals surface area contributed by atoms with E-state index in [4.69, 9.17) is 0 Å². The predicted octanol–water partition coefficient (Wildman–Crippen LogP) is 2.20. The van der Waals surface area contributed by atoms with Crippen LogP contribution in [0.4, 0.5) is 0 Å². The van der Waals surface area contributed by atoms with E-state index in [0.717, 1.165) is 24.3 Å². The lowest BCUT2D eigenvalue weighted by atomic mass is 10.1. The molecule has 0 amide bonds. The van der Waals surface area contributed by atoms with Gasteiger partial charge in [-0.25, -0.2) is 4.98 Å². The molecular weight excluding hydrogens is 236 g/mol. The van der Waals surface area contributed by atoms with E-state index in [2.05, 4.69) is 50.3 Å². The third-order valence-corrected chi connectivity index (χ3v) is 3.08. The number of imidazole rings is 1. The van der Waals surface area contributed by atoms with Crippen LogP contribution in [0.25, 0.3) is 10.9 Å². The van der Waals surface area contributed by atoms with E-state index in [9.17, 15) is 0 Å². The fourth-order valence-corrected chi connectivity index (χ4v) is 2.20. The molecule has 0 saturated heterocycles. The van der Waals surface area contributed by atoms with Gasteiger partial charge in [0.05, 0.1) is 17.5 Å². The number of aromatic nitrogens is 3. The number of hydrogen-bond donors (Lipinski definition) is 1. The highest BCUT2D eigenvalue weighted by Gasteiger charge is 2.00. The molecule has 1 aromatic carbocycles. The highest BCUT2D eigenvalue weighted by atomic mass is 15.0. The fourth-order valence-electron chi connectivity index (χ4n) is 2.20. The van der Waals surface area contributed by atoms with Crippen LogP contribution >= 0.6 is 0 Å². The smallest absolute Gasteiger partial charge is 0.0953 e. The molecule has 0 saturated carbocycles. The number of rotatable bonds is 4. The first-order valence-electron chi connectivity index (χ1n) is 6.34. The second-order valence-corrected chi connectivity index (χ2v) is 4.60. The van der Waals surface area contributed by atoms with Crippen molar-refractivity contribution in [1.29, 1.82) is 0 Å². The molecule has 0 aliphatic heterocycles. The zero-order valence-electron chi connectivity index (χ0n) is 10.9. The molecule has 96 valence electrons. The normalized spacial score (nSPS) is 11.0. The number of pyridine rings is 1. The minimum atomic E-state index is 0.800. The van der Waals surface area contributed by atoms with Gasteiger partial charge in [-0.1, -0.05) is 12.1 Å². The molecule has 4 heteroatoms. The Labute approximate surface area is 112 Å². The topological polar surface area (TPSA) is 42.7 Å². The maximum atomic E-state index is 4.35. The van der Waals surface area contributed by atoms with E-state index >= 15 is 0 Å². The van der Waals surface area contributed by atoms with Crippen LogP contribution in [0.1, 0.15) is 11.3 Å². The highest BCUT2D eigenvalue weighted by molar-refractivity contribution is 5.78. The van der Waals surface area contributed by atoms with Crippen LogP contribution in [0.5, 0.6) is 0 Å². The molecule has 0 aliphatic rings. The van der Waals surface area contributed by atoms with Crippen molar-refractivity contribution in [2.45, 2.75) is 13.1 Å². The van der Waals surface area contributed by atoms with Gasteiger partial charge >= 0.3 is 0 Å². The molecule has 0 atom stereocenters. The minimum absolute atomic E-state index is 0.800. The predicted molar refractivity (Wildman–Crippen MR) is 75.8 cm³/mol. The molecule has 0 aliphatic carbocycles. The molecular formula is C15H16N4. The Kier molecular flexibility index (Phi) is 3.25. The molecule has 19 heavy (non-hydrogen) atoms.